The molecule has 1 aliphatic carbocycles. The SMILES string of the molecule is Cc1nc2c(c(=O)[nH]1)CCN(C(=O)CCN1C(=O)C3CCCCC3C1=O)C2. The summed E-state index contributed by atoms with van der Waals surface area (Å²) in [4.78, 5) is 59.6. The number of nitrogens with one attached hydrogen (secondary N) is 1. The number of amides is 3. The van der Waals surface area contributed by atoms with Gasteiger partial charge in [-0.15, -0.1) is 0 Å². The molecule has 144 valence electrons. The Bertz CT molecular complexity index is 838. The minimum atomic E-state index is -0.179. The monoisotopic (exact) mass is 372 g/mol. The van der Waals surface area contributed by atoms with Crippen LogP contribution in [0.15, 0.2) is 4.79 Å². The van der Waals surface area contributed by atoms with Gasteiger partial charge in [-0.1, -0.05) is 12.8 Å². The number of fused-ring (bicyclic) bond motifs is 2. The first-order valence-corrected chi connectivity index (χ1v) is 9.67. The molecule has 0 radical (unpaired) electrons. The molecule has 3 aliphatic rings. The highest BCUT2D eigenvalue weighted by Crippen LogP contribution is 2.38. The van der Waals surface area contributed by atoms with Gasteiger partial charge in [-0.25, -0.2) is 4.98 Å². The van der Waals surface area contributed by atoms with Gasteiger partial charge in [-0.3, -0.25) is 24.1 Å². The summed E-state index contributed by atoms with van der Waals surface area (Å²) in [6.07, 6.45) is 4.13. The van der Waals surface area contributed by atoms with Gasteiger partial charge in [-0.05, 0) is 26.2 Å². The summed E-state index contributed by atoms with van der Waals surface area (Å²) in [7, 11) is 0. The fraction of sp³-hybridized carbons (Fsp3) is 0.632. The maximum absolute atomic E-state index is 12.6. The highest BCUT2D eigenvalue weighted by Gasteiger charge is 2.47. The van der Waals surface area contributed by atoms with Crippen LogP contribution in [0.4, 0.5) is 0 Å². The average molecular weight is 372 g/mol. The molecule has 3 heterocycles. The van der Waals surface area contributed by atoms with Gasteiger partial charge in [0.05, 0.1) is 24.1 Å². The van der Waals surface area contributed by atoms with E-state index in [1.165, 1.54) is 4.90 Å². The smallest absolute Gasteiger partial charge is 0.254 e. The van der Waals surface area contributed by atoms with Crippen molar-refractivity contribution in [3.05, 3.63) is 27.4 Å². The number of rotatable bonds is 3. The molecule has 1 saturated heterocycles. The first-order chi connectivity index (χ1) is 13.0. The van der Waals surface area contributed by atoms with Gasteiger partial charge < -0.3 is 9.88 Å². The Balaban J connectivity index is 1.39. The summed E-state index contributed by atoms with van der Waals surface area (Å²) in [6.45, 7) is 2.61. The Morgan fingerprint density at radius 1 is 1.15 bits per heavy atom. The van der Waals surface area contributed by atoms with Crippen LogP contribution in [0, 0.1) is 18.8 Å². The zero-order chi connectivity index (χ0) is 19.1. The van der Waals surface area contributed by atoms with Gasteiger partial charge in [0.25, 0.3) is 5.56 Å². The van der Waals surface area contributed by atoms with E-state index in [2.05, 4.69) is 9.97 Å². The first-order valence-electron chi connectivity index (χ1n) is 9.67. The molecule has 1 aromatic heterocycles. The molecule has 8 nitrogen and oxygen atoms in total. The van der Waals surface area contributed by atoms with Crippen LogP contribution in [0.1, 0.15) is 49.2 Å². The van der Waals surface area contributed by atoms with E-state index in [1.54, 1.807) is 11.8 Å². The van der Waals surface area contributed by atoms with E-state index < -0.39 is 0 Å². The largest absolute Gasteiger partial charge is 0.336 e. The topological polar surface area (TPSA) is 103 Å². The second-order valence-electron chi connectivity index (χ2n) is 7.72. The number of nitrogens with zero attached hydrogens (tertiary/aromatic N) is 3. The van der Waals surface area contributed by atoms with E-state index in [9.17, 15) is 19.2 Å². The van der Waals surface area contributed by atoms with Crippen molar-refractivity contribution in [2.45, 2.75) is 52.0 Å². The van der Waals surface area contributed by atoms with Crippen molar-refractivity contribution in [2.24, 2.45) is 11.8 Å². The van der Waals surface area contributed by atoms with Crippen LogP contribution in [0.5, 0.6) is 0 Å². The highest BCUT2D eigenvalue weighted by molar-refractivity contribution is 6.05. The summed E-state index contributed by atoms with van der Waals surface area (Å²) < 4.78 is 0. The minimum Gasteiger partial charge on any atom is -0.336 e. The summed E-state index contributed by atoms with van der Waals surface area (Å²) >= 11 is 0. The van der Waals surface area contributed by atoms with Gasteiger partial charge >= 0.3 is 0 Å². The molecular weight excluding hydrogens is 348 g/mol. The van der Waals surface area contributed by atoms with Crippen LogP contribution in [-0.4, -0.2) is 50.6 Å². The molecule has 8 heteroatoms. The summed E-state index contributed by atoms with van der Waals surface area (Å²) in [5.41, 5.74) is 1.13. The maximum atomic E-state index is 12.6. The number of carbonyl (C=O) groups is 3. The van der Waals surface area contributed by atoms with Crippen molar-refractivity contribution in [2.75, 3.05) is 13.1 Å². The highest BCUT2D eigenvalue weighted by atomic mass is 16.2. The third-order valence-electron chi connectivity index (χ3n) is 6.03. The molecule has 0 bridgehead atoms. The molecule has 1 aromatic rings. The van der Waals surface area contributed by atoms with Crippen molar-refractivity contribution in [3.63, 3.8) is 0 Å². The lowest BCUT2D eigenvalue weighted by Crippen LogP contribution is -2.41. The van der Waals surface area contributed by atoms with Crippen LogP contribution in [-0.2, 0) is 27.3 Å². The Morgan fingerprint density at radius 2 is 1.81 bits per heavy atom. The number of aromatic nitrogens is 2. The lowest BCUT2D eigenvalue weighted by Gasteiger charge is -2.28. The molecule has 2 fully saturated rings. The Hall–Kier alpha value is -2.51. The molecule has 27 heavy (non-hydrogen) atoms. The number of H-pyrrole nitrogens is 1. The van der Waals surface area contributed by atoms with E-state index in [1.807, 2.05) is 0 Å². The molecule has 2 atom stereocenters. The molecule has 2 unspecified atom stereocenters. The van der Waals surface area contributed by atoms with Crippen molar-refractivity contribution in [1.82, 2.24) is 19.8 Å². The number of likely N-dealkylation sites (tertiary alicyclic amines) is 1. The maximum Gasteiger partial charge on any atom is 0.254 e. The van der Waals surface area contributed by atoms with Crippen molar-refractivity contribution < 1.29 is 14.4 Å². The van der Waals surface area contributed by atoms with E-state index in [0.717, 1.165) is 25.7 Å². The third-order valence-corrected chi connectivity index (χ3v) is 6.03. The molecule has 4 rings (SSSR count). The number of carbonyl (C=O) groups excluding carboxylic acids is 3. The van der Waals surface area contributed by atoms with E-state index in [0.29, 0.717) is 36.6 Å². The van der Waals surface area contributed by atoms with Gasteiger partial charge in [0.1, 0.15) is 5.82 Å². The van der Waals surface area contributed by atoms with Crippen LogP contribution in [0.25, 0.3) is 0 Å². The van der Waals surface area contributed by atoms with Gasteiger partial charge in [0.2, 0.25) is 17.7 Å². The average Bonchev–Trinajstić information content (AvgIpc) is 2.90. The minimum absolute atomic E-state index is 0.106. The normalized spacial score (nSPS) is 24.8. The van der Waals surface area contributed by atoms with E-state index in [4.69, 9.17) is 0 Å². The molecule has 3 amide bonds. The molecular formula is C19H24N4O4. The molecule has 2 aliphatic heterocycles. The van der Waals surface area contributed by atoms with E-state index >= 15 is 0 Å². The Kier molecular flexibility index (Phi) is 4.57. The zero-order valence-corrected chi connectivity index (χ0v) is 15.5. The summed E-state index contributed by atoms with van der Waals surface area (Å²) in [5.74, 6) is -0.153. The zero-order valence-electron chi connectivity index (χ0n) is 15.5. The fourth-order valence-corrected chi connectivity index (χ4v) is 4.59. The number of aromatic amines is 1. The molecule has 1 saturated carbocycles. The molecule has 0 aromatic carbocycles. The van der Waals surface area contributed by atoms with Gasteiger partial charge in [0, 0.05) is 25.1 Å². The second kappa shape index (κ2) is 6.90. The second-order valence-corrected chi connectivity index (χ2v) is 7.72. The molecule has 0 spiro atoms. The van der Waals surface area contributed by atoms with Crippen LogP contribution in [0.3, 0.4) is 0 Å². The van der Waals surface area contributed by atoms with Crippen LogP contribution in [0.2, 0.25) is 0 Å². The first kappa shape index (κ1) is 17.9. The van der Waals surface area contributed by atoms with Crippen molar-refractivity contribution in [1.29, 1.82) is 0 Å². The quantitative estimate of drug-likeness (QED) is 0.780. The summed E-state index contributed by atoms with van der Waals surface area (Å²) in [5, 5.41) is 0. The lowest BCUT2D eigenvalue weighted by molar-refractivity contribution is -0.141. The van der Waals surface area contributed by atoms with Crippen LogP contribution < -0.4 is 5.56 Å². The number of hydrogen-bond acceptors (Lipinski definition) is 5. The fourth-order valence-electron chi connectivity index (χ4n) is 4.59. The van der Waals surface area contributed by atoms with E-state index in [-0.39, 0.29) is 48.1 Å². The third kappa shape index (κ3) is 3.17. The van der Waals surface area contributed by atoms with Crippen LogP contribution >= 0.6 is 0 Å². The Morgan fingerprint density at radius 3 is 2.48 bits per heavy atom. The van der Waals surface area contributed by atoms with Gasteiger partial charge in [-0.2, -0.15) is 0 Å². The standard InChI is InChI=1S/C19H24N4O4/c1-11-20-15-10-22(8-6-14(15)17(25)21-11)16(24)7-9-23-18(26)12-4-2-3-5-13(12)19(23)27/h12-13H,2-10H2,1H3,(H,20,21,25). The predicted molar refractivity (Wildman–Crippen MR) is 95.5 cm³/mol. The van der Waals surface area contributed by atoms with Gasteiger partial charge in [0.15, 0.2) is 0 Å². The molecule has 1 N–H and O–H groups in total. The lowest BCUT2D eigenvalue weighted by atomic mass is 9.81. The predicted octanol–water partition coefficient (Wildman–Crippen LogP) is 0.528. The number of hydrogen-bond donors (Lipinski definition) is 1. The van der Waals surface area contributed by atoms with Crippen molar-refractivity contribution >= 4 is 17.7 Å². The summed E-state index contributed by atoms with van der Waals surface area (Å²) in [6, 6.07) is 0. The number of imide groups is 1. The number of aryl methyl sites for hydroxylation is 1. The van der Waals surface area contributed by atoms with Crippen molar-refractivity contribution in [3.8, 4) is 0 Å². The Labute approximate surface area is 156 Å².